The molecule has 5 heteroatoms. The minimum absolute atomic E-state index is 0.705. The van der Waals surface area contributed by atoms with Crippen molar-refractivity contribution in [1.29, 1.82) is 0 Å². The summed E-state index contributed by atoms with van der Waals surface area (Å²) in [7, 11) is 3.96. The Morgan fingerprint density at radius 1 is 1.16 bits per heavy atom. The van der Waals surface area contributed by atoms with Gasteiger partial charge in [-0.1, -0.05) is 6.07 Å². The molecule has 0 aliphatic rings. The second-order valence-electron chi connectivity index (χ2n) is 4.71. The Morgan fingerprint density at radius 2 is 1.95 bits per heavy atom. The van der Waals surface area contributed by atoms with Crippen LogP contribution in [0.15, 0.2) is 24.4 Å². The van der Waals surface area contributed by atoms with E-state index < -0.39 is 0 Å². The largest absolute Gasteiger partial charge is 0.366 e. The Morgan fingerprint density at radius 3 is 2.53 bits per heavy atom. The fraction of sp³-hybridized carbons (Fsp3) is 0.357. The van der Waals surface area contributed by atoms with Gasteiger partial charge in [-0.3, -0.25) is 0 Å². The molecule has 0 atom stereocenters. The minimum Gasteiger partial charge on any atom is -0.366 e. The molecule has 0 unspecified atom stereocenters. The first kappa shape index (κ1) is 13.3. The van der Waals surface area contributed by atoms with E-state index >= 15 is 0 Å². The molecular weight excluding hydrogens is 238 g/mol. The molecule has 0 saturated carbocycles. The molecular formula is C14H19N5. The number of aromatic nitrogens is 3. The second-order valence-corrected chi connectivity index (χ2v) is 4.71. The summed E-state index contributed by atoms with van der Waals surface area (Å²) in [4.78, 5) is 15.0. The standard InChI is InChI=1S/C14H19N5/c1-10-7-13(18-11(2)17-10)15-8-12-5-6-14(16-9-12)19(3)4/h5-7,9H,8H2,1-4H3,(H,15,17,18). The summed E-state index contributed by atoms with van der Waals surface area (Å²) in [5.74, 6) is 2.59. The van der Waals surface area contributed by atoms with Crippen LogP contribution in [0.2, 0.25) is 0 Å². The average molecular weight is 257 g/mol. The zero-order valence-electron chi connectivity index (χ0n) is 11.8. The van der Waals surface area contributed by atoms with Crippen LogP contribution in [0.1, 0.15) is 17.1 Å². The second kappa shape index (κ2) is 5.65. The maximum Gasteiger partial charge on any atom is 0.130 e. The molecule has 0 aliphatic heterocycles. The van der Waals surface area contributed by atoms with E-state index in [1.165, 1.54) is 0 Å². The third-order valence-corrected chi connectivity index (χ3v) is 2.71. The fourth-order valence-electron chi connectivity index (χ4n) is 1.79. The van der Waals surface area contributed by atoms with Gasteiger partial charge in [0.25, 0.3) is 0 Å². The van der Waals surface area contributed by atoms with Gasteiger partial charge in [0.15, 0.2) is 0 Å². The molecule has 0 amide bonds. The molecule has 0 aliphatic carbocycles. The molecule has 0 aromatic carbocycles. The summed E-state index contributed by atoms with van der Waals surface area (Å²) in [6.45, 7) is 4.56. The highest BCUT2D eigenvalue weighted by atomic mass is 15.1. The van der Waals surface area contributed by atoms with Crippen molar-refractivity contribution >= 4 is 11.6 Å². The van der Waals surface area contributed by atoms with Crippen LogP contribution in [0.3, 0.4) is 0 Å². The lowest BCUT2D eigenvalue weighted by atomic mass is 10.2. The summed E-state index contributed by atoms with van der Waals surface area (Å²) < 4.78 is 0. The average Bonchev–Trinajstić information content (AvgIpc) is 2.36. The number of hydrogen-bond acceptors (Lipinski definition) is 5. The minimum atomic E-state index is 0.705. The van der Waals surface area contributed by atoms with Crippen LogP contribution in [0.25, 0.3) is 0 Å². The van der Waals surface area contributed by atoms with Crippen LogP contribution >= 0.6 is 0 Å². The van der Waals surface area contributed by atoms with Crippen molar-refractivity contribution in [3.63, 3.8) is 0 Å². The summed E-state index contributed by atoms with van der Waals surface area (Å²) in [5.41, 5.74) is 2.09. The molecule has 2 aromatic heterocycles. The van der Waals surface area contributed by atoms with E-state index in [1.54, 1.807) is 0 Å². The number of aryl methyl sites for hydroxylation is 2. The zero-order chi connectivity index (χ0) is 13.8. The summed E-state index contributed by atoms with van der Waals surface area (Å²) >= 11 is 0. The van der Waals surface area contributed by atoms with Crippen molar-refractivity contribution in [3.05, 3.63) is 41.5 Å². The van der Waals surface area contributed by atoms with Gasteiger partial charge in [0.1, 0.15) is 17.5 Å². The van der Waals surface area contributed by atoms with Crippen LogP contribution in [0, 0.1) is 13.8 Å². The van der Waals surface area contributed by atoms with Crippen LogP contribution in [0.5, 0.6) is 0 Å². The van der Waals surface area contributed by atoms with Crippen molar-refractivity contribution in [3.8, 4) is 0 Å². The summed E-state index contributed by atoms with van der Waals surface area (Å²) in [6, 6.07) is 6.01. The predicted molar refractivity (Wildman–Crippen MR) is 77.4 cm³/mol. The lowest BCUT2D eigenvalue weighted by Crippen LogP contribution is -2.11. The highest BCUT2D eigenvalue weighted by Crippen LogP contribution is 2.10. The van der Waals surface area contributed by atoms with Crippen molar-refractivity contribution in [2.75, 3.05) is 24.3 Å². The Balaban J connectivity index is 2.02. The van der Waals surface area contributed by atoms with E-state index in [2.05, 4.69) is 26.3 Å². The summed E-state index contributed by atoms with van der Waals surface area (Å²) in [5, 5.41) is 3.29. The quantitative estimate of drug-likeness (QED) is 0.909. The number of nitrogens with one attached hydrogen (secondary N) is 1. The summed E-state index contributed by atoms with van der Waals surface area (Å²) in [6.07, 6.45) is 1.88. The van der Waals surface area contributed by atoms with E-state index in [0.29, 0.717) is 6.54 Å². The molecule has 2 aromatic rings. The number of pyridine rings is 1. The Bertz CT molecular complexity index is 528. The van der Waals surface area contributed by atoms with Gasteiger partial charge in [0.2, 0.25) is 0 Å². The highest BCUT2D eigenvalue weighted by Gasteiger charge is 2.00. The normalized spacial score (nSPS) is 10.3. The zero-order valence-corrected chi connectivity index (χ0v) is 11.8. The molecule has 0 radical (unpaired) electrons. The van der Waals surface area contributed by atoms with Gasteiger partial charge in [0, 0.05) is 38.6 Å². The van der Waals surface area contributed by atoms with E-state index in [4.69, 9.17) is 0 Å². The predicted octanol–water partition coefficient (Wildman–Crippen LogP) is 2.17. The lowest BCUT2D eigenvalue weighted by Gasteiger charge is -2.12. The number of rotatable bonds is 4. The van der Waals surface area contributed by atoms with E-state index in [0.717, 1.165) is 28.7 Å². The molecule has 0 spiro atoms. The van der Waals surface area contributed by atoms with Crippen molar-refractivity contribution in [2.45, 2.75) is 20.4 Å². The SMILES string of the molecule is Cc1cc(NCc2ccc(N(C)C)nc2)nc(C)n1. The Kier molecular flexibility index (Phi) is 3.94. The molecule has 5 nitrogen and oxygen atoms in total. The maximum absolute atomic E-state index is 4.38. The molecule has 1 N–H and O–H groups in total. The van der Waals surface area contributed by atoms with E-state index in [-0.39, 0.29) is 0 Å². The van der Waals surface area contributed by atoms with E-state index in [9.17, 15) is 0 Å². The first-order valence-corrected chi connectivity index (χ1v) is 6.23. The van der Waals surface area contributed by atoms with Crippen molar-refractivity contribution in [2.24, 2.45) is 0 Å². The number of nitrogens with zero attached hydrogens (tertiary/aromatic N) is 4. The monoisotopic (exact) mass is 257 g/mol. The van der Waals surface area contributed by atoms with E-state index in [1.807, 2.05) is 51.2 Å². The first-order valence-electron chi connectivity index (χ1n) is 6.23. The molecule has 0 fully saturated rings. The number of anilines is 2. The van der Waals surface area contributed by atoms with Crippen LogP contribution < -0.4 is 10.2 Å². The van der Waals surface area contributed by atoms with Crippen LogP contribution in [-0.4, -0.2) is 29.0 Å². The van der Waals surface area contributed by atoms with Crippen LogP contribution in [-0.2, 0) is 6.54 Å². The van der Waals surface area contributed by atoms with Gasteiger partial charge < -0.3 is 10.2 Å². The molecule has 100 valence electrons. The first-order chi connectivity index (χ1) is 9.04. The maximum atomic E-state index is 4.38. The van der Waals surface area contributed by atoms with Gasteiger partial charge in [0.05, 0.1) is 0 Å². The van der Waals surface area contributed by atoms with Gasteiger partial charge >= 0.3 is 0 Å². The molecule has 0 saturated heterocycles. The third-order valence-electron chi connectivity index (χ3n) is 2.71. The van der Waals surface area contributed by atoms with Gasteiger partial charge in [-0.05, 0) is 25.5 Å². The topological polar surface area (TPSA) is 53.9 Å². The molecule has 0 bridgehead atoms. The van der Waals surface area contributed by atoms with Crippen molar-refractivity contribution < 1.29 is 0 Å². The molecule has 19 heavy (non-hydrogen) atoms. The third kappa shape index (κ3) is 3.64. The van der Waals surface area contributed by atoms with Gasteiger partial charge in [-0.25, -0.2) is 15.0 Å². The Hall–Kier alpha value is -2.17. The lowest BCUT2D eigenvalue weighted by molar-refractivity contribution is 0.986. The van der Waals surface area contributed by atoms with Crippen molar-refractivity contribution in [1.82, 2.24) is 15.0 Å². The van der Waals surface area contributed by atoms with Gasteiger partial charge in [-0.15, -0.1) is 0 Å². The Labute approximate surface area is 113 Å². The smallest absolute Gasteiger partial charge is 0.130 e. The van der Waals surface area contributed by atoms with Gasteiger partial charge in [-0.2, -0.15) is 0 Å². The molecule has 2 rings (SSSR count). The number of hydrogen-bond donors (Lipinski definition) is 1. The fourth-order valence-corrected chi connectivity index (χ4v) is 1.79. The highest BCUT2D eigenvalue weighted by molar-refractivity contribution is 5.40. The van der Waals surface area contributed by atoms with Crippen LogP contribution in [0.4, 0.5) is 11.6 Å². The molecule has 2 heterocycles.